The van der Waals surface area contributed by atoms with Crippen LogP contribution in [-0.2, 0) is 5.41 Å². The van der Waals surface area contributed by atoms with Crippen molar-refractivity contribution >= 4 is 22.7 Å². The minimum Gasteiger partial charge on any atom is -0.355 e. The van der Waals surface area contributed by atoms with E-state index in [9.17, 15) is 0 Å². The van der Waals surface area contributed by atoms with E-state index in [-0.39, 0.29) is 0 Å². The Morgan fingerprint density at radius 2 is 1.26 bits per heavy atom. The van der Waals surface area contributed by atoms with Gasteiger partial charge in [0.15, 0.2) is 0 Å². The molecule has 0 radical (unpaired) electrons. The second kappa shape index (κ2) is 8.07. The van der Waals surface area contributed by atoms with Gasteiger partial charge in [0, 0.05) is 22.8 Å². The highest BCUT2D eigenvalue weighted by Gasteiger charge is 2.51. The molecule has 0 saturated heterocycles. The largest absolute Gasteiger partial charge is 0.355 e. The summed E-state index contributed by atoms with van der Waals surface area (Å²) in [5.41, 5.74) is 10.8. The molecule has 1 spiro atoms. The molecule has 0 atom stereocenters. The van der Waals surface area contributed by atoms with E-state index >= 15 is 0 Å². The number of rotatable bonds is 2. The zero-order valence-electron chi connectivity index (χ0n) is 19.6. The smallest absolute Gasteiger partial charge is 0.0779 e. The van der Waals surface area contributed by atoms with Crippen LogP contribution in [0.3, 0.4) is 0 Å². The second-order valence-electron chi connectivity index (χ2n) is 8.85. The van der Waals surface area contributed by atoms with Crippen LogP contribution in [0.25, 0.3) is 0 Å². The maximum atomic E-state index is 3.72. The normalized spacial score (nSPS) is 17.8. The lowest BCUT2D eigenvalue weighted by Gasteiger charge is -2.51. The van der Waals surface area contributed by atoms with Gasteiger partial charge in [-0.1, -0.05) is 91.9 Å². The maximum absolute atomic E-state index is 3.72. The van der Waals surface area contributed by atoms with Gasteiger partial charge in [0.1, 0.15) is 0 Å². The predicted octanol–water partition coefficient (Wildman–Crippen LogP) is 8.47. The summed E-state index contributed by atoms with van der Waals surface area (Å²) in [6.45, 7) is 4.40. The Labute approximate surface area is 201 Å². The maximum Gasteiger partial charge on any atom is 0.0779 e. The van der Waals surface area contributed by atoms with Crippen molar-refractivity contribution < 1.29 is 0 Å². The van der Waals surface area contributed by atoms with Crippen LogP contribution < -0.4 is 10.2 Å². The molecule has 6 rings (SSSR count). The topological polar surface area (TPSA) is 15.3 Å². The first-order chi connectivity index (χ1) is 16.8. The van der Waals surface area contributed by atoms with Gasteiger partial charge in [0.25, 0.3) is 0 Å². The van der Waals surface area contributed by atoms with Crippen molar-refractivity contribution in [2.75, 3.05) is 10.2 Å². The van der Waals surface area contributed by atoms with Gasteiger partial charge in [-0.25, -0.2) is 0 Å². The fraction of sp³-hybridized carbons (Fsp3) is 0.125. The van der Waals surface area contributed by atoms with Crippen LogP contribution in [0.5, 0.6) is 0 Å². The van der Waals surface area contributed by atoms with E-state index in [1.807, 2.05) is 0 Å². The van der Waals surface area contributed by atoms with Crippen molar-refractivity contribution in [3.05, 3.63) is 143 Å². The van der Waals surface area contributed by atoms with Gasteiger partial charge in [-0.3, -0.25) is 0 Å². The minimum atomic E-state index is -0.405. The lowest BCUT2D eigenvalue weighted by Crippen LogP contribution is -2.43. The summed E-state index contributed by atoms with van der Waals surface area (Å²) in [4.78, 5) is 2.43. The lowest BCUT2D eigenvalue weighted by molar-refractivity contribution is 0.698. The third-order valence-corrected chi connectivity index (χ3v) is 7.10. The first kappa shape index (κ1) is 20.6. The molecular weight excluding hydrogens is 412 g/mol. The molecule has 2 aliphatic rings. The van der Waals surface area contributed by atoms with Crippen LogP contribution in [0, 0.1) is 0 Å². The molecule has 0 bridgehead atoms. The zero-order valence-corrected chi connectivity index (χ0v) is 19.6. The number of benzene rings is 4. The first-order valence-electron chi connectivity index (χ1n) is 12.1. The Balaban J connectivity index is 1.80. The minimum absolute atomic E-state index is 0.405. The fourth-order valence-corrected chi connectivity index (χ4v) is 5.88. The number of nitrogens with one attached hydrogen (secondary N) is 1. The molecule has 0 aromatic heterocycles. The second-order valence-corrected chi connectivity index (χ2v) is 8.85. The van der Waals surface area contributed by atoms with E-state index in [2.05, 4.69) is 139 Å². The highest BCUT2D eigenvalue weighted by Crippen LogP contribution is 2.61. The van der Waals surface area contributed by atoms with Crippen LogP contribution in [0.1, 0.15) is 37.0 Å². The lowest BCUT2D eigenvalue weighted by atomic mass is 9.59. The van der Waals surface area contributed by atoms with Crippen molar-refractivity contribution in [3.8, 4) is 0 Å². The molecule has 2 heteroatoms. The Kier molecular flexibility index (Phi) is 4.88. The summed E-state index contributed by atoms with van der Waals surface area (Å²) in [7, 11) is 0. The quantitative estimate of drug-likeness (QED) is 0.336. The predicted molar refractivity (Wildman–Crippen MR) is 143 cm³/mol. The summed E-state index contributed by atoms with van der Waals surface area (Å²) < 4.78 is 0. The number of hydrogen-bond acceptors (Lipinski definition) is 2. The Morgan fingerprint density at radius 1 is 0.706 bits per heavy atom. The van der Waals surface area contributed by atoms with E-state index in [1.165, 1.54) is 50.7 Å². The monoisotopic (exact) mass is 440 g/mol. The highest BCUT2D eigenvalue weighted by molar-refractivity contribution is 5.90. The Hall–Kier alpha value is -4.04. The van der Waals surface area contributed by atoms with Crippen molar-refractivity contribution in [3.63, 3.8) is 0 Å². The molecule has 2 aliphatic heterocycles. The van der Waals surface area contributed by atoms with Crippen LogP contribution >= 0.6 is 0 Å². The molecule has 2 nitrogen and oxygen atoms in total. The molecule has 4 aromatic carbocycles. The van der Waals surface area contributed by atoms with Crippen molar-refractivity contribution in [1.82, 2.24) is 0 Å². The molecule has 2 heterocycles. The molecule has 0 amide bonds. The van der Waals surface area contributed by atoms with Crippen LogP contribution in [-0.4, -0.2) is 0 Å². The zero-order chi connectivity index (χ0) is 23.1. The number of allylic oxidation sites excluding steroid dienone is 3. The van der Waals surface area contributed by atoms with E-state index in [4.69, 9.17) is 0 Å². The number of anilines is 4. The van der Waals surface area contributed by atoms with Crippen LogP contribution in [0.4, 0.5) is 22.7 Å². The van der Waals surface area contributed by atoms with Gasteiger partial charge < -0.3 is 10.2 Å². The van der Waals surface area contributed by atoms with E-state index in [0.717, 1.165) is 6.42 Å². The van der Waals surface area contributed by atoms with Crippen molar-refractivity contribution in [1.29, 1.82) is 0 Å². The third-order valence-electron chi connectivity index (χ3n) is 7.10. The average molecular weight is 441 g/mol. The molecule has 4 aromatic rings. The molecule has 0 saturated carbocycles. The standard InChI is InChI=1S/C32H28N2/c1-3-14-26-30(4-2)34(23-15-6-5-7-16-23)31-22-13-10-19-27(31)32(26)24-17-8-11-20-28(24)33-29-21-12-9-18-25(29)32/h4-22,33H,3H2,1-2H3/b26-14+,30-4?. The fourth-order valence-electron chi connectivity index (χ4n) is 5.88. The molecule has 1 N–H and O–H groups in total. The Bertz CT molecular complexity index is 1380. The molecular formula is C32H28N2. The van der Waals surface area contributed by atoms with Gasteiger partial charge >= 0.3 is 0 Å². The summed E-state index contributed by atoms with van der Waals surface area (Å²) >= 11 is 0. The van der Waals surface area contributed by atoms with Gasteiger partial charge in [-0.15, -0.1) is 0 Å². The van der Waals surface area contributed by atoms with Gasteiger partial charge in [-0.2, -0.15) is 0 Å². The number of fused-ring (bicyclic) bond motifs is 6. The average Bonchev–Trinajstić information content (AvgIpc) is 2.90. The van der Waals surface area contributed by atoms with Crippen molar-refractivity contribution in [2.24, 2.45) is 0 Å². The first-order valence-corrected chi connectivity index (χ1v) is 12.1. The van der Waals surface area contributed by atoms with Gasteiger partial charge in [-0.05, 0) is 65.9 Å². The summed E-state index contributed by atoms with van der Waals surface area (Å²) in [6.07, 6.45) is 5.66. The van der Waals surface area contributed by atoms with Gasteiger partial charge in [0.2, 0.25) is 0 Å². The summed E-state index contributed by atoms with van der Waals surface area (Å²) in [5.74, 6) is 0. The summed E-state index contributed by atoms with van der Waals surface area (Å²) in [5, 5.41) is 3.72. The molecule has 166 valence electrons. The molecule has 34 heavy (non-hydrogen) atoms. The SMILES string of the molecule is CC=C1/C(=C\CC)C2(c3ccccc3Nc3ccccc32)c2ccccc2N1c1ccccc1. The van der Waals surface area contributed by atoms with Gasteiger partial charge in [0.05, 0.1) is 11.1 Å². The summed E-state index contributed by atoms with van der Waals surface area (Å²) in [6, 6.07) is 37.2. The van der Waals surface area contributed by atoms with Crippen LogP contribution in [0.2, 0.25) is 0 Å². The number of nitrogens with zero attached hydrogens (tertiary/aromatic N) is 1. The van der Waals surface area contributed by atoms with Crippen LogP contribution in [0.15, 0.2) is 127 Å². The Morgan fingerprint density at radius 3 is 1.88 bits per heavy atom. The molecule has 0 fully saturated rings. The van der Waals surface area contributed by atoms with Crippen molar-refractivity contribution in [2.45, 2.75) is 25.7 Å². The number of hydrogen-bond donors (Lipinski definition) is 1. The third kappa shape index (κ3) is 2.75. The van der Waals surface area contributed by atoms with E-state index < -0.39 is 5.41 Å². The van der Waals surface area contributed by atoms with E-state index in [0.29, 0.717) is 0 Å². The molecule has 0 unspecified atom stereocenters. The number of para-hydroxylation sites is 4. The molecule has 0 aliphatic carbocycles. The highest BCUT2D eigenvalue weighted by atomic mass is 15.2. The van der Waals surface area contributed by atoms with E-state index in [1.54, 1.807) is 0 Å².